The third kappa shape index (κ3) is 3.66. The molecule has 0 aliphatic carbocycles. The molecule has 0 atom stereocenters. The molecule has 0 fully saturated rings. The second-order valence-electron chi connectivity index (χ2n) is 8.03. The van der Waals surface area contributed by atoms with Gasteiger partial charge in [0.05, 0.1) is 29.1 Å². The summed E-state index contributed by atoms with van der Waals surface area (Å²) < 4.78 is 2.12. The number of hydrogen-bond donors (Lipinski definition) is 3. The number of imidazole rings is 1. The average Bonchev–Trinajstić information content (AvgIpc) is 3.48. The SMILES string of the molecule is CC(C)CNc1nc2ccccc2n2c(-c3ccc(C(=O)Nc4ccn[nH]4)cc3)cnc12. The summed E-state index contributed by atoms with van der Waals surface area (Å²) in [5, 5.41) is 12.8. The Labute approximate surface area is 184 Å². The zero-order chi connectivity index (χ0) is 22.1. The number of fused-ring (bicyclic) bond motifs is 3. The summed E-state index contributed by atoms with van der Waals surface area (Å²) in [6.45, 7) is 5.13. The molecule has 0 spiro atoms. The predicted molar refractivity (Wildman–Crippen MR) is 126 cm³/mol. The van der Waals surface area contributed by atoms with E-state index in [1.165, 1.54) is 0 Å². The van der Waals surface area contributed by atoms with Crippen LogP contribution in [-0.4, -0.2) is 37.0 Å². The lowest BCUT2D eigenvalue weighted by molar-refractivity contribution is 0.102. The molecule has 0 bridgehead atoms. The molecule has 0 saturated carbocycles. The van der Waals surface area contributed by atoms with E-state index in [-0.39, 0.29) is 5.91 Å². The fourth-order valence-corrected chi connectivity index (χ4v) is 3.62. The van der Waals surface area contributed by atoms with Crippen molar-refractivity contribution in [1.82, 2.24) is 24.6 Å². The van der Waals surface area contributed by atoms with Gasteiger partial charge in [0.2, 0.25) is 0 Å². The number of carbonyl (C=O) groups excluding carboxylic acids is 1. The molecule has 8 nitrogen and oxygen atoms in total. The quantitative estimate of drug-likeness (QED) is 0.369. The van der Waals surface area contributed by atoms with Crippen LogP contribution in [0.2, 0.25) is 0 Å². The Balaban J connectivity index is 1.55. The van der Waals surface area contributed by atoms with Crippen LogP contribution in [0.3, 0.4) is 0 Å². The molecule has 3 N–H and O–H groups in total. The lowest BCUT2D eigenvalue weighted by Crippen LogP contribution is -2.12. The van der Waals surface area contributed by atoms with Gasteiger partial charge in [-0.3, -0.25) is 14.3 Å². The maximum absolute atomic E-state index is 12.5. The molecule has 0 radical (unpaired) electrons. The zero-order valence-corrected chi connectivity index (χ0v) is 17.8. The topological polar surface area (TPSA) is 100 Å². The van der Waals surface area contributed by atoms with Crippen LogP contribution in [0.5, 0.6) is 0 Å². The fourth-order valence-electron chi connectivity index (χ4n) is 3.62. The molecule has 0 unspecified atom stereocenters. The van der Waals surface area contributed by atoms with Crippen molar-refractivity contribution in [1.29, 1.82) is 0 Å². The molecular weight excluding hydrogens is 402 g/mol. The van der Waals surface area contributed by atoms with E-state index >= 15 is 0 Å². The van der Waals surface area contributed by atoms with E-state index in [0.29, 0.717) is 17.3 Å². The van der Waals surface area contributed by atoms with Gasteiger partial charge in [-0.1, -0.05) is 38.1 Å². The molecule has 2 aromatic carbocycles. The summed E-state index contributed by atoms with van der Waals surface area (Å²) in [7, 11) is 0. The number of anilines is 2. The minimum atomic E-state index is -0.200. The standard InChI is InChI=1S/C24H23N7O/c1-15(2)13-25-22-23-26-14-20(31(23)19-6-4-3-5-18(19)28-22)16-7-9-17(10-8-16)24(32)29-21-11-12-27-30-21/h3-12,14-15H,13H2,1-2H3,(H,25,28)(H2,27,29,30,32). The van der Waals surface area contributed by atoms with E-state index < -0.39 is 0 Å². The van der Waals surface area contributed by atoms with Crippen molar-refractivity contribution in [2.45, 2.75) is 13.8 Å². The summed E-state index contributed by atoms with van der Waals surface area (Å²) >= 11 is 0. The normalized spacial score (nSPS) is 11.3. The third-order valence-electron chi connectivity index (χ3n) is 5.20. The highest BCUT2D eigenvalue weighted by molar-refractivity contribution is 6.04. The first-order chi connectivity index (χ1) is 15.6. The van der Waals surface area contributed by atoms with Gasteiger partial charge in [0, 0.05) is 23.7 Å². The molecule has 0 aliphatic heterocycles. The highest BCUT2D eigenvalue weighted by Gasteiger charge is 2.15. The van der Waals surface area contributed by atoms with Gasteiger partial charge in [0.15, 0.2) is 11.5 Å². The molecule has 0 aliphatic rings. The van der Waals surface area contributed by atoms with Crippen molar-refractivity contribution in [2.24, 2.45) is 5.92 Å². The summed E-state index contributed by atoms with van der Waals surface area (Å²) in [6.07, 6.45) is 3.44. The monoisotopic (exact) mass is 425 g/mol. The van der Waals surface area contributed by atoms with E-state index in [1.54, 1.807) is 12.3 Å². The van der Waals surface area contributed by atoms with Crippen molar-refractivity contribution in [2.75, 3.05) is 17.2 Å². The number of nitrogens with one attached hydrogen (secondary N) is 3. The van der Waals surface area contributed by atoms with Crippen molar-refractivity contribution in [3.63, 3.8) is 0 Å². The minimum absolute atomic E-state index is 0.200. The van der Waals surface area contributed by atoms with Gasteiger partial charge in [-0.2, -0.15) is 5.10 Å². The van der Waals surface area contributed by atoms with Gasteiger partial charge < -0.3 is 10.6 Å². The van der Waals surface area contributed by atoms with Crippen LogP contribution in [-0.2, 0) is 0 Å². The number of hydrogen-bond acceptors (Lipinski definition) is 5. The Hall–Kier alpha value is -4.20. The van der Waals surface area contributed by atoms with Crippen LogP contribution < -0.4 is 10.6 Å². The predicted octanol–water partition coefficient (Wildman–Crippen LogP) is 4.59. The molecule has 3 heterocycles. The molecule has 3 aromatic heterocycles. The first-order valence-corrected chi connectivity index (χ1v) is 10.5. The molecule has 160 valence electrons. The number of aromatic nitrogens is 5. The first kappa shape index (κ1) is 19.7. The van der Waals surface area contributed by atoms with E-state index in [9.17, 15) is 4.79 Å². The molecular formula is C24H23N7O. The number of carbonyl (C=O) groups is 1. The number of aromatic amines is 1. The summed E-state index contributed by atoms with van der Waals surface area (Å²) in [5.41, 5.74) is 5.10. The van der Waals surface area contributed by atoms with Crippen LogP contribution in [0.25, 0.3) is 27.9 Å². The number of H-pyrrole nitrogens is 1. The van der Waals surface area contributed by atoms with E-state index in [2.05, 4.69) is 44.1 Å². The van der Waals surface area contributed by atoms with Gasteiger partial charge >= 0.3 is 0 Å². The Kier molecular flexibility index (Phi) is 5.03. The van der Waals surface area contributed by atoms with Crippen molar-refractivity contribution < 1.29 is 4.79 Å². The maximum Gasteiger partial charge on any atom is 0.256 e. The van der Waals surface area contributed by atoms with Crippen LogP contribution >= 0.6 is 0 Å². The Morgan fingerprint density at radius 1 is 1.09 bits per heavy atom. The number of nitrogens with zero attached hydrogens (tertiary/aromatic N) is 4. The second-order valence-corrected chi connectivity index (χ2v) is 8.03. The van der Waals surface area contributed by atoms with Crippen LogP contribution in [0.4, 0.5) is 11.6 Å². The molecule has 8 heteroatoms. The Morgan fingerprint density at radius 3 is 2.66 bits per heavy atom. The first-order valence-electron chi connectivity index (χ1n) is 10.5. The maximum atomic E-state index is 12.5. The average molecular weight is 425 g/mol. The highest BCUT2D eigenvalue weighted by Crippen LogP contribution is 2.28. The smallest absolute Gasteiger partial charge is 0.256 e. The largest absolute Gasteiger partial charge is 0.367 e. The van der Waals surface area contributed by atoms with E-state index in [0.717, 1.165) is 40.3 Å². The lowest BCUT2D eigenvalue weighted by Gasteiger charge is -2.13. The van der Waals surface area contributed by atoms with Crippen molar-refractivity contribution in [3.8, 4) is 11.3 Å². The van der Waals surface area contributed by atoms with Gasteiger partial charge in [0.1, 0.15) is 5.82 Å². The Morgan fingerprint density at radius 2 is 1.91 bits per heavy atom. The number of benzene rings is 2. The summed E-state index contributed by atoms with van der Waals surface area (Å²) in [5.74, 6) is 1.60. The number of para-hydroxylation sites is 2. The van der Waals surface area contributed by atoms with Crippen molar-refractivity contribution in [3.05, 3.63) is 72.6 Å². The van der Waals surface area contributed by atoms with Gasteiger partial charge in [0.25, 0.3) is 5.91 Å². The van der Waals surface area contributed by atoms with Crippen LogP contribution in [0.15, 0.2) is 67.0 Å². The van der Waals surface area contributed by atoms with E-state index in [4.69, 9.17) is 4.98 Å². The minimum Gasteiger partial charge on any atom is -0.367 e. The summed E-state index contributed by atoms with van der Waals surface area (Å²) in [6, 6.07) is 17.2. The van der Waals surface area contributed by atoms with Gasteiger partial charge in [-0.15, -0.1) is 0 Å². The second kappa shape index (κ2) is 8.14. The van der Waals surface area contributed by atoms with Crippen molar-refractivity contribution >= 4 is 34.2 Å². The highest BCUT2D eigenvalue weighted by atomic mass is 16.1. The zero-order valence-electron chi connectivity index (χ0n) is 17.8. The third-order valence-corrected chi connectivity index (χ3v) is 5.20. The van der Waals surface area contributed by atoms with E-state index in [1.807, 2.05) is 54.7 Å². The van der Waals surface area contributed by atoms with Crippen LogP contribution in [0.1, 0.15) is 24.2 Å². The summed E-state index contributed by atoms with van der Waals surface area (Å²) in [4.78, 5) is 22.0. The number of amides is 1. The molecule has 1 amide bonds. The molecule has 32 heavy (non-hydrogen) atoms. The molecule has 5 rings (SSSR count). The molecule has 5 aromatic rings. The fraction of sp³-hybridized carbons (Fsp3) is 0.167. The Bertz CT molecular complexity index is 1390. The van der Waals surface area contributed by atoms with Gasteiger partial charge in [-0.25, -0.2) is 9.97 Å². The number of rotatable bonds is 6. The lowest BCUT2D eigenvalue weighted by atomic mass is 10.1. The van der Waals surface area contributed by atoms with Crippen LogP contribution in [0, 0.1) is 5.92 Å². The molecule has 0 saturated heterocycles. The van der Waals surface area contributed by atoms with Gasteiger partial charge in [-0.05, 0) is 30.2 Å².